The molecule has 0 saturated carbocycles. The number of methoxy groups -OCH3 is 2. The van der Waals surface area contributed by atoms with Crippen molar-refractivity contribution in [1.82, 2.24) is 0 Å². The second kappa shape index (κ2) is 10.1. The van der Waals surface area contributed by atoms with Crippen molar-refractivity contribution in [2.75, 3.05) is 24.4 Å². The van der Waals surface area contributed by atoms with Crippen LogP contribution in [0.1, 0.15) is 24.1 Å². The van der Waals surface area contributed by atoms with E-state index in [0.29, 0.717) is 33.5 Å². The van der Waals surface area contributed by atoms with Gasteiger partial charge in [0.1, 0.15) is 17.3 Å². The van der Waals surface area contributed by atoms with Crippen molar-refractivity contribution < 1.29 is 29.0 Å². The lowest BCUT2D eigenvalue weighted by atomic mass is 9.95. The Bertz CT molecular complexity index is 1380. The van der Waals surface area contributed by atoms with E-state index in [4.69, 9.17) is 21.1 Å². The number of ketones is 1. The van der Waals surface area contributed by atoms with Crippen LogP contribution in [-0.2, 0) is 14.4 Å². The van der Waals surface area contributed by atoms with E-state index in [9.17, 15) is 19.5 Å². The van der Waals surface area contributed by atoms with Crippen LogP contribution in [0.4, 0.5) is 11.4 Å². The summed E-state index contributed by atoms with van der Waals surface area (Å²) in [6, 6.07) is 17.0. The van der Waals surface area contributed by atoms with Crippen LogP contribution < -0.4 is 19.7 Å². The van der Waals surface area contributed by atoms with E-state index < -0.39 is 17.7 Å². The Hall–Kier alpha value is -4.30. The standard InChI is InChI=1S/C27H23ClN2O6/c1-15(31)29-18-8-10-19(11-9-18)30-24(16-5-4-6-20(13-16)35-2)23(26(33)27(30)34)25(32)17-7-12-21(28)22(14-17)36-3/h4-14,24,32H,1-3H3,(H,29,31)/b25-23-. The fraction of sp³-hybridized carbons (Fsp3) is 0.148. The van der Waals surface area contributed by atoms with Crippen LogP contribution in [0.5, 0.6) is 11.5 Å². The molecule has 4 rings (SSSR count). The molecule has 8 nitrogen and oxygen atoms in total. The van der Waals surface area contributed by atoms with Crippen molar-refractivity contribution in [2.24, 2.45) is 0 Å². The first kappa shape index (κ1) is 24.8. The summed E-state index contributed by atoms with van der Waals surface area (Å²) in [4.78, 5) is 39.3. The maximum absolute atomic E-state index is 13.3. The van der Waals surface area contributed by atoms with Crippen molar-refractivity contribution in [3.05, 3.63) is 88.5 Å². The van der Waals surface area contributed by atoms with Gasteiger partial charge in [0, 0.05) is 23.9 Å². The van der Waals surface area contributed by atoms with Crippen molar-refractivity contribution in [1.29, 1.82) is 0 Å². The number of Topliss-reactive ketones (excluding diaryl/α,β-unsaturated/α-hetero) is 1. The number of carbonyl (C=O) groups excluding carboxylic acids is 3. The number of rotatable bonds is 6. The Morgan fingerprint density at radius 1 is 1.00 bits per heavy atom. The number of hydrogen-bond donors (Lipinski definition) is 2. The molecule has 0 aromatic heterocycles. The van der Waals surface area contributed by atoms with Crippen molar-refractivity contribution in [3.63, 3.8) is 0 Å². The molecule has 1 saturated heterocycles. The largest absolute Gasteiger partial charge is 0.507 e. The van der Waals surface area contributed by atoms with Gasteiger partial charge in [-0.05, 0) is 60.2 Å². The Morgan fingerprint density at radius 2 is 1.72 bits per heavy atom. The smallest absolute Gasteiger partial charge is 0.300 e. The normalized spacial score (nSPS) is 16.7. The average molecular weight is 507 g/mol. The molecule has 2 N–H and O–H groups in total. The third-order valence-electron chi connectivity index (χ3n) is 5.74. The molecule has 1 aliphatic rings. The SMILES string of the molecule is COc1cccc(C2/C(=C(/O)c3ccc(Cl)c(OC)c3)C(=O)C(=O)N2c2ccc(NC(C)=O)cc2)c1. The van der Waals surface area contributed by atoms with Crippen molar-refractivity contribution in [2.45, 2.75) is 13.0 Å². The molecule has 1 aliphatic heterocycles. The van der Waals surface area contributed by atoms with Gasteiger partial charge in [-0.2, -0.15) is 0 Å². The number of amides is 2. The third kappa shape index (κ3) is 4.63. The van der Waals surface area contributed by atoms with Gasteiger partial charge < -0.3 is 19.9 Å². The molecule has 2 amide bonds. The van der Waals surface area contributed by atoms with Gasteiger partial charge >= 0.3 is 0 Å². The van der Waals surface area contributed by atoms with Gasteiger partial charge in [-0.1, -0.05) is 23.7 Å². The first-order chi connectivity index (χ1) is 17.2. The molecule has 3 aromatic carbocycles. The van der Waals surface area contributed by atoms with Crippen LogP contribution in [0.3, 0.4) is 0 Å². The number of carbonyl (C=O) groups is 3. The molecular formula is C27H23ClN2O6. The molecule has 1 fully saturated rings. The summed E-state index contributed by atoms with van der Waals surface area (Å²) in [6.07, 6.45) is 0. The van der Waals surface area contributed by atoms with E-state index in [-0.39, 0.29) is 22.8 Å². The zero-order valence-corrected chi connectivity index (χ0v) is 20.5. The monoisotopic (exact) mass is 506 g/mol. The first-order valence-electron chi connectivity index (χ1n) is 10.9. The van der Waals surface area contributed by atoms with E-state index in [1.807, 2.05) is 0 Å². The number of nitrogens with one attached hydrogen (secondary N) is 1. The molecule has 1 unspecified atom stereocenters. The van der Waals surface area contributed by atoms with E-state index >= 15 is 0 Å². The summed E-state index contributed by atoms with van der Waals surface area (Å²) in [7, 11) is 2.95. The minimum absolute atomic E-state index is 0.0939. The maximum Gasteiger partial charge on any atom is 0.300 e. The van der Waals surface area contributed by atoms with Crippen LogP contribution in [0.2, 0.25) is 5.02 Å². The van der Waals surface area contributed by atoms with Crippen LogP contribution in [0.15, 0.2) is 72.3 Å². The second-order valence-electron chi connectivity index (χ2n) is 8.02. The van der Waals surface area contributed by atoms with Gasteiger partial charge in [0.05, 0.1) is 30.9 Å². The number of hydrogen-bond acceptors (Lipinski definition) is 6. The highest BCUT2D eigenvalue weighted by molar-refractivity contribution is 6.51. The number of ether oxygens (including phenoxy) is 2. The van der Waals surface area contributed by atoms with Crippen LogP contribution in [0, 0.1) is 0 Å². The number of anilines is 2. The van der Waals surface area contributed by atoms with Crippen molar-refractivity contribution in [3.8, 4) is 11.5 Å². The lowest BCUT2D eigenvalue weighted by Gasteiger charge is -2.26. The van der Waals surface area contributed by atoms with Crippen LogP contribution in [0.25, 0.3) is 5.76 Å². The minimum Gasteiger partial charge on any atom is -0.507 e. The van der Waals surface area contributed by atoms with E-state index in [2.05, 4.69) is 5.32 Å². The molecule has 0 spiro atoms. The molecule has 9 heteroatoms. The average Bonchev–Trinajstić information content (AvgIpc) is 3.14. The zero-order valence-electron chi connectivity index (χ0n) is 19.7. The van der Waals surface area contributed by atoms with E-state index in [1.54, 1.807) is 54.6 Å². The quantitative estimate of drug-likeness (QED) is 0.279. The van der Waals surface area contributed by atoms with Crippen molar-refractivity contribution >= 4 is 46.3 Å². The maximum atomic E-state index is 13.3. The van der Waals surface area contributed by atoms with Gasteiger partial charge in [0.2, 0.25) is 5.91 Å². The summed E-state index contributed by atoms with van der Waals surface area (Å²) >= 11 is 6.13. The molecule has 3 aromatic rings. The summed E-state index contributed by atoms with van der Waals surface area (Å²) in [5, 5.41) is 14.3. The number of halogens is 1. The predicted octanol–water partition coefficient (Wildman–Crippen LogP) is 4.94. The molecule has 184 valence electrons. The highest BCUT2D eigenvalue weighted by Crippen LogP contribution is 2.43. The molecule has 0 radical (unpaired) electrons. The lowest BCUT2D eigenvalue weighted by molar-refractivity contribution is -0.132. The Morgan fingerprint density at radius 3 is 2.36 bits per heavy atom. The zero-order chi connectivity index (χ0) is 26.0. The molecule has 1 heterocycles. The molecule has 0 bridgehead atoms. The first-order valence-corrected chi connectivity index (χ1v) is 11.3. The fourth-order valence-corrected chi connectivity index (χ4v) is 4.29. The number of aliphatic hydroxyl groups is 1. The predicted molar refractivity (Wildman–Crippen MR) is 137 cm³/mol. The molecule has 1 atom stereocenters. The Labute approximate surface area is 212 Å². The second-order valence-corrected chi connectivity index (χ2v) is 8.43. The highest BCUT2D eigenvalue weighted by Gasteiger charge is 2.47. The van der Waals surface area contributed by atoms with Crippen LogP contribution in [-0.4, -0.2) is 36.9 Å². The van der Waals surface area contributed by atoms with Gasteiger partial charge in [-0.25, -0.2) is 0 Å². The number of nitrogens with zero attached hydrogens (tertiary/aromatic N) is 1. The molecular weight excluding hydrogens is 484 g/mol. The third-order valence-corrected chi connectivity index (χ3v) is 6.06. The molecule has 0 aliphatic carbocycles. The van der Waals surface area contributed by atoms with Crippen LogP contribution >= 0.6 is 11.6 Å². The van der Waals surface area contributed by atoms with E-state index in [1.165, 1.54) is 38.2 Å². The van der Waals surface area contributed by atoms with Gasteiger partial charge in [-0.15, -0.1) is 0 Å². The minimum atomic E-state index is -0.951. The highest BCUT2D eigenvalue weighted by atomic mass is 35.5. The summed E-state index contributed by atoms with van der Waals surface area (Å²) in [5.41, 5.74) is 1.68. The number of benzene rings is 3. The fourth-order valence-electron chi connectivity index (χ4n) is 4.10. The summed E-state index contributed by atoms with van der Waals surface area (Å²) < 4.78 is 10.6. The summed E-state index contributed by atoms with van der Waals surface area (Å²) in [6.45, 7) is 1.39. The van der Waals surface area contributed by atoms with Gasteiger partial charge in [-0.3, -0.25) is 19.3 Å². The van der Waals surface area contributed by atoms with E-state index in [0.717, 1.165) is 0 Å². The summed E-state index contributed by atoms with van der Waals surface area (Å²) in [5.74, 6) is -1.43. The van der Waals surface area contributed by atoms with Gasteiger partial charge in [0.25, 0.3) is 11.7 Å². The van der Waals surface area contributed by atoms with Gasteiger partial charge in [0.15, 0.2) is 0 Å². The topological polar surface area (TPSA) is 105 Å². The Kier molecular flexibility index (Phi) is 6.98. The number of aliphatic hydroxyl groups excluding tert-OH is 1. The molecule has 36 heavy (non-hydrogen) atoms. The Balaban J connectivity index is 1.90. The lowest BCUT2D eigenvalue weighted by Crippen LogP contribution is -2.29.